The van der Waals surface area contributed by atoms with Crippen molar-refractivity contribution in [3.05, 3.63) is 29.0 Å². The van der Waals surface area contributed by atoms with Crippen LogP contribution in [0.25, 0.3) is 0 Å². The third kappa shape index (κ3) is 1.99. The van der Waals surface area contributed by atoms with Crippen LogP contribution in [0.1, 0.15) is 25.7 Å². The summed E-state index contributed by atoms with van der Waals surface area (Å²) in [4.78, 5) is 2.43. The van der Waals surface area contributed by atoms with Crippen LogP contribution in [0.3, 0.4) is 0 Å². The Balaban J connectivity index is 1.87. The van der Waals surface area contributed by atoms with E-state index in [-0.39, 0.29) is 10.8 Å². The standard InChI is InChI=1S/C14H18ClFN2/c15-13-7-12(3-4-14(13)16)18-10-1-2-11(18)6-9(5-10)8-17/h3-4,7,9-11H,1-2,5-6,8,17H2. The largest absolute Gasteiger partial charge is 0.365 e. The van der Waals surface area contributed by atoms with Crippen LogP contribution in [0.2, 0.25) is 5.02 Å². The summed E-state index contributed by atoms with van der Waals surface area (Å²) in [5.41, 5.74) is 6.85. The number of hydrogen-bond acceptors (Lipinski definition) is 2. The SMILES string of the molecule is NCC1CC2CCC(C1)N2c1ccc(F)c(Cl)c1. The number of fused-ring (bicyclic) bond motifs is 2. The Bertz CT molecular complexity index is 437. The molecule has 2 heterocycles. The van der Waals surface area contributed by atoms with Crippen LogP contribution in [0, 0.1) is 11.7 Å². The van der Waals surface area contributed by atoms with Gasteiger partial charge in [-0.2, -0.15) is 0 Å². The fourth-order valence-corrected chi connectivity index (χ4v) is 3.72. The van der Waals surface area contributed by atoms with Crippen LogP contribution >= 0.6 is 11.6 Å². The second-order valence-electron chi connectivity index (χ2n) is 5.46. The van der Waals surface area contributed by atoms with Gasteiger partial charge in [0.05, 0.1) is 5.02 Å². The van der Waals surface area contributed by atoms with Crippen molar-refractivity contribution < 1.29 is 4.39 Å². The Morgan fingerprint density at radius 2 is 1.94 bits per heavy atom. The van der Waals surface area contributed by atoms with E-state index in [4.69, 9.17) is 17.3 Å². The predicted molar refractivity (Wildman–Crippen MR) is 72.5 cm³/mol. The molecular formula is C14H18ClFN2. The van der Waals surface area contributed by atoms with E-state index < -0.39 is 0 Å². The van der Waals surface area contributed by atoms with Gasteiger partial charge in [-0.25, -0.2) is 4.39 Å². The summed E-state index contributed by atoms with van der Waals surface area (Å²) >= 11 is 5.88. The molecule has 4 heteroatoms. The zero-order valence-electron chi connectivity index (χ0n) is 10.3. The molecule has 2 aliphatic rings. The van der Waals surface area contributed by atoms with E-state index in [1.807, 2.05) is 6.07 Å². The Hall–Kier alpha value is -0.800. The van der Waals surface area contributed by atoms with Crippen molar-refractivity contribution in [3.63, 3.8) is 0 Å². The maximum Gasteiger partial charge on any atom is 0.141 e. The summed E-state index contributed by atoms with van der Waals surface area (Å²) < 4.78 is 13.2. The summed E-state index contributed by atoms with van der Waals surface area (Å²) in [7, 11) is 0. The molecule has 0 amide bonds. The third-order valence-electron chi connectivity index (χ3n) is 4.37. The number of halogens is 2. The first kappa shape index (κ1) is 12.2. The smallest absolute Gasteiger partial charge is 0.141 e. The Kier molecular flexibility index (Phi) is 3.20. The number of benzene rings is 1. The molecule has 0 spiro atoms. The van der Waals surface area contributed by atoms with Gasteiger partial charge in [0.1, 0.15) is 5.82 Å². The number of rotatable bonds is 2. The van der Waals surface area contributed by atoms with Crippen LogP contribution in [0.15, 0.2) is 18.2 Å². The fourth-order valence-electron chi connectivity index (χ4n) is 3.55. The van der Waals surface area contributed by atoms with Crippen molar-refractivity contribution in [1.29, 1.82) is 0 Å². The molecule has 18 heavy (non-hydrogen) atoms. The number of nitrogens with zero attached hydrogens (tertiary/aromatic N) is 1. The lowest BCUT2D eigenvalue weighted by Crippen LogP contribution is -2.44. The Morgan fingerprint density at radius 3 is 2.50 bits per heavy atom. The van der Waals surface area contributed by atoms with Gasteiger partial charge in [-0.1, -0.05) is 11.6 Å². The van der Waals surface area contributed by atoms with E-state index in [0.717, 1.165) is 25.1 Å². The van der Waals surface area contributed by atoms with Crippen molar-refractivity contribution in [2.75, 3.05) is 11.4 Å². The van der Waals surface area contributed by atoms with E-state index in [2.05, 4.69) is 4.90 Å². The molecule has 2 atom stereocenters. The van der Waals surface area contributed by atoms with Crippen molar-refractivity contribution in [3.8, 4) is 0 Å². The molecule has 3 rings (SSSR count). The van der Waals surface area contributed by atoms with Crippen LogP contribution in [-0.2, 0) is 0 Å². The van der Waals surface area contributed by atoms with E-state index in [9.17, 15) is 4.39 Å². The molecule has 2 N–H and O–H groups in total. The summed E-state index contributed by atoms with van der Waals surface area (Å²) in [6.07, 6.45) is 4.75. The molecule has 98 valence electrons. The maximum atomic E-state index is 13.2. The quantitative estimate of drug-likeness (QED) is 0.893. The minimum absolute atomic E-state index is 0.216. The molecule has 0 saturated carbocycles. The average molecular weight is 269 g/mol. The van der Waals surface area contributed by atoms with E-state index in [1.54, 1.807) is 6.07 Å². The normalized spacial score (nSPS) is 30.8. The van der Waals surface area contributed by atoms with Gasteiger partial charge in [0.2, 0.25) is 0 Å². The van der Waals surface area contributed by atoms with Crippen molar-refractivity contribution in [2.45, 2.75) is 37.8 Å². The zero-order chi connectivity index (χ0) is 12.7. The summed E-state index contributed by atoms with van der Waals surface area (Å²) in [6, 6.07) is 6.17. The second kappa shape index (κ2) is 4.71. The Labute approximate surface area is 112 Å². The number of hydrogen-bond donors (Lipinski definition) is 1. The number of piperidine rings is 1. The first-order valence-electron chi connectivity index (χ1n) is 6.62. The number of anilines is 1. The Morgan fingerprint density at radius 1 is 1.28 bits per heavy atom. The van der Waals surface area contributed by atoms with Crippen LogP contribution in [-0.4, -0.2) is 18.6 Å². The van der Waals surface area contributed by atoms with Gasteiger partial charge in [-0.3, -0.25) is 0 Å². The summed E-state index contributed by atoms with van der Waals surface area (Å²) in [6.45, 7) is 0.783. The third-order valence-corrected chi connectivity index (χ3v) is 4.66. The summed E-state index contributed by atoms with van der Waals surface area (Å²) in [5, 5.41) is 0.216. The lowest BCUT2D eigenvalue weighted by atomic mass is 9.90. The minimum atomic E-state index is -0.343. The van der Waals surface area contributed by atoms with Gasteiger partial charge in [-0.15, -0.1) is 0 Å². The maximum absolute atomic E-state index is 13.2. The lowest BCUT2D eigenvalue weighted by Gasteiger charge is -2.40. The van der Waals surface area contributed by atoms with Crippen LogP contribution in [0.5, 0.6) is 0 Å². The molecule has 0 aromatic heterocycles. The van der Waals surface area contributed by atoms with Crippen LogP contribution < -0.4 is 10.6 Å². The van der Waals surface area contributed by atoms with Gasteiger partial charge in [-0.05, 0) is 56.3 Å². The predicted octanol–water partition coefficient (Wildman–Crippen LogP) is 3.19. The number of nitrogens with two attached hydrogens (primary N) is 1. The molecule has 2 unspecified atom stereocenters. The molecule has 2 nitrogen and oxygen atoms in total. The highest BCUT2D eigenvalue weighted by Gasteiger charge is 2.40. The van der Waals surface area contributed by atoms with Crippen molar-refractivity contribution in [2.24, 2.45) is 11.7 Å². The lowest BCUT2D eigenvalue weighted by molar-refractivity contribution is 0.347. The van der Waals surface area contributed by atoms with E-state index in [0.29, 0.717) is 18.0 Å². The summed E-state index contributed by atoms with van der Waals surface area (Å²) in [5.74, 6) is 0.305. The van der Waals surface area contributed by atoms with Crippen molar-refractivity contribution >= 4 is 17.3 Å². The molecule has 2 saturated heterocycles. The highest BCUT2D eigenvalue weighted by atomic mass is 35.5. The van der Waals surface area contributed by atoms with Gasteiger partial charge >= 0.3 is 0 Å². The highest BCUT2D eigenvalue weighted by Crippen LogP contribution is 2.41. The first-order chi connectivity index (χ1) is 8.69. The van der Waals surface area contributed by atoms with Gasteiger partial charge < -0.3 is 10.6 Å². The average Bonchev–Trinajstić information content (AvgIpc) is 2.64. The molecule has 2 aliphatic heterocycles. The van der Waals surface area contributed by atoms with Gasteiger partial charge in [0, 0.05) is 17.8 Å². The van der Waals surface area contributed by atoms with Crippen molar-refractivity contribution in [1.82, 2.24) is 0 Å². The zero-order valence-corrected chi connectivity index (χ0v) is 11.0. The molecule has 2 fully saturated rings. The van der Waals surface area contributed by atoms with Gasteiger partial charge in [0.25, 0.3) is 0 Å². The topological polar surface area (TPSA) is 29.3 Å². The molecule has 0 radical (unpaired) electrons. The van der Waals surface area contributed by atoms with Gasteiger partial charge in [0.15, 0.2) is 0 Å². The molecular weight excluding hydrogens is 251 g/mol. The molecule has 0 aliphatic carbocycles. The first-order valence-corrected chi connectivity index (χ1v) is 7.00. The monoisotopic (exact) mass is 268 g/mol. The minimum Gasteiger partial charge on any atom is -0.365 e. The molecule has 2 bridgehead atoms. The molecule has 1 aromatic rings. The fraction of sp³-hybridized carbons (Fsp3) is 0.571. The highest BCUT2D eigenvalue weighted by molar-refractivity contribution is 6.31. The van der Waals surface area contributed by atoms with Crippen LogP contribution in [0.4, 0.5) is 10.1 Å². The second-order valence-corrected chi connectivity index (χ2v) is 5.87. The van der Waals surface area contributed by atoms with E-state index in [1.165, 1.54) is 18.9 Å². The van der Waals surface area contributed by atoms with E-state index >= 15 is 0 Å². The molecule has 1 aromatic carbocycles.